The van der Waals surface area contributed by atoms with Gasteiger partial charge in [0.25, 0.3) is 0 Å². The molecule has 0 bridgehead atoms. The molecule has 0 aromatic rings. The van der Waals surface area contributed by atoms with E-state index in [1.54, 1.807) is 0 Å². The third kappa shape index (κ3) is 6.94. The van der Waals surface area contributed by atoms with Gasteiger partial charge in [-0.05, 0) is 0 Å². The SMILES string of the molecule is C=CC(=O)OC(C)(OC(=O)C=C)OC(=O)CCC(=O)O. The third-order valence-corrected chi connectivity index (χ3v) is 1.75. The van der Waals surface area contributed by atoms with E-state index in [0.29, 0.717) is 0 Å². The van der Waals surface area contributed by atoms with Crippen LogP contribution in [0.5, 0.6) is 0 Å². The van der Waals surface area contributed by atoms with Gasteiger partial charge in [0.15, 0.2) is 0 Å². The summed E-state index contributed by atoms with van der Waals surface area (Å²) in [5.74, 6) is -6.57. The van der Waals surface area contributed by atoms with Crippen molar-refractivity contribution in [1.29, 1.82) is 0 Å². The van der Waals surface area contributed by atoms with Crippen molar-refractivity contribution in [2.45, 2.75) is 25.7 Å². The number of ether oxygens (including phenoxy) is 3. The lowest BCUT2D eigenvalue weighted by Crippen LogP contribution is -2.41. The highest BCUT2D eigenvalue weighted by Crippen LogP contribution is 2.17. The summed E-state index contributed by atoms with van der Waals surface area (Å²) in [5, 5.41) is 8.42. The first-order valence-corrected chi connectivity index (χ1v) is 5.37. The Kier molecular flexibility index (Phi) is 6.70. The van der Waals surface area contributed by atoms with Gasteiger partial charge in [0.2, 0.25) is 0 Å². The molecule has 0 rings (SSSR count). The maximum atomic E-state index is 11.4. The van der Waals surface area contributed by atoms with Gasteiger partial charge in [-0.15, -0.1) is 0 Å². The van der Waals surface area contributed by atoms with Gasteiger partial charge in [-0.3, -0.25) is 9.59 Å². The number of esters is 3. The van der Waals surface area contributed by atoms with E-state index < -0.39 is 42.7 Å². The highest BCUT2D eigenvalue weighted by molar-refractivity contribution is 5.84. The summed E-state index contributed by atoms with van der Waals surface area (Å²) in [6, 6.07) is 0. The molecule has 20 heavy (non-hydrogen) atoms. The van der Waals surface area contributed by atoms with E-state index in [1.165, 1.54) is 0 Å². The third-order valence-electron chi connectivity index (χ3n) is 1.75. The topological polar surface area (TPSA) is 116 Å². The average Bonchev–Trinajstić information content (AvgIpc) is 2.35. The molecule has 0 saturated carbocycles. The van der Waals surface area contributed by atoms with Crippen molar-refractivity contribution < 1.29 is 38.5 Å². The minimum atomic E-state index is -2.33. The normalized spacial score (nSPS) is 10.1. The van der Waals surface area contributed by atoms with Crippen molar-refractivity contribution in [3.63, 3.8) is 0 Å². The Hall–Kier alpha value is -2.64. The Balaban J connectivity index is 4.82. The zero-order chi connectivity index (χ0) is 15.8. The van der Waals surface area contributed by atoms with Crippen molar-refractivity contribution in [2.24, 2.45) is 0 Å². The second-order valence-electron chi connectivity index (χ2n) is 3.48. The van der Waals surface area contributed by atoms with E-state index in [1.807, 2.05) is 0 Å². The zero-order valence-corrected chi connectivity index (χ0v) is 10.8. The number of hydrogen-bond donors (Lipinski definition) is 1. The van der Waals surface area contributed by atoms with Crippen LogP contribution in [0.1, 0.15) is 19.8 Å². The molecule has 1 N–H and O–H groups in total. The van der Waals surface area contributed by atoms with Crippen LogP contribution in [0.15, 0.2) is 25.3 Å². The standard InChI is InChI=1S/C12H14O8/c1-4-9(15)18-12(3,19-10(16)5-2)20-11(17)7-6-8(13)14/h4-5H,1-2,6-7H2,3H3,(H,13,14). The van der Waals surface area contributed by atoms with Crippen LogP contribution in [-0.4, -0.2) is 35.0 Å². The molecule has 0 aliphatic heterocycles. The summed E-state index contributed by atoms with van der Waals surface area (Å²) in [5.41, 5.74) is 0. The van der Waals surface area contributed by atoms with Crippen molar-refractivity contribution in [3.8, 4) is 0 Å². The van der Waals surface area contributed by atoms with Crippen LogP contribution in [0.2, 0.25) is 0 Å². The van der Waals surface area contributed by atoms with E-state index in [-0.39, 0.29) is 0 Å². The molecule has 0 aromatic heterocycles. The quantitative estimate of drug-likeness (QED) is 0.390. The van der Waals surface area contributed by atoms with Crippen molar-refractivity contribution >= 4 is 23.9 Å². The van der Waals surface area contributed by atoms with Crippen molar-refractivity contribution in [3.05, 3.63) is 25.3 Å². The first-order valence-electron chi connectivity index (χ1n) is 5.37. The molecule has 0 atom stereocenters. The summed E-state index contributed by atoms with van der Waals surface area (Å²) in [6.07, 6.45) is 0.568. The average molecular weight is 286 g/mol. The molecule has 8 heteroatoms. The zero-order valence-electron chi connectivity index (χ0n) is 10.8. The van der Waals surface area contributed by atoms with Crippen LogP contribution in [-0.2, 0) is 33.4 Å². The molecule has 0 spiro atoms. The molecule has 0 radical (unpaired) electrons. The van der Waals surface area contributed by atoms with Crippen molar-refractivity contribution in [2.75, 3.05) is 0 Å². The second-order valence-corrected chi connectivity index (χ2v) is 3.48. The molecule has 0 fully saturated rings. The Morgan fingerprint density at radius 3 is 1.80 bits per heavy atom. The molecule has 0 unspecified atom stereocenters. The minimum Gasteiger partial charge on any atom is -0.481 e. The first-order chi connectivity index (χ1) is 9.22. The van der Waals surface area contributed by atoms with Gasteiger partial charge in [-0.1, -0.05) is 13.2 Å². The molecule has 0 aliphatic rings. The summed E-state index contributed by atoms with van der Waals surface area (Å²) in [4.78, 5) is 43.9. The van der Waals surface area contributed by atoms with E-state index in [9.17, 15) is 19.2 Å². The molecule has 8 nitrogen and oxygen atoms in total. The maximum Gasteiger partial charge on any atom is 0.420 e. The van der Waals surface area contributed by atoms with Crippen LogP contribution in [0.3, 0.4) is 0 Å². The number of hydrogen-bond acceptors (Lipinski definition) is 7. The molecule has 0 aliphatic carbocycles. The predicted octanol–water partition coefficient (Wildman–Crippen LogP) is 0.526. The Bertz CT molecular complexity index is 415. The maximum absolute atomic E-state index is 11.4. The monoisotopic (exact) mass is 286 g/mol. The number of carbonyl (C=O) groups excluding carboxylic acids is 3. The lowest BCUT2D eigenvalue weighted by atomic mass is 10.3. The van der Waals surface area contributed by atoms with Gasteiger partial charge < -0.3 is 19.3 Å². The molecule has 0 aromatic carbocycles. The van der Waals surface area contributed by atoms with E-state index in [2.05, 4.69) is 27.4 Å². The van der Waals surface area contributed by atoms with Crippen LogP contribution < -0.4 is 0 Å². The van der Waals surface area contributed by atoms with Gasteiger partial charge in [0, 0.05) is 12.2 Å². The highest BCUT2D eigenvalue weighted by Gasteiger charge is 2.37. The summed E-state index contributed by atoms with van der Waals surface area (Å²) >= 11 is 0. The second kappa shape index (κ2) is 7.72. The molecule has 110 valence electrons. The Morgan fingerprint density at radius 1 is 1.00 bits per heavy atom. The number of carboxylic acid groups (broad SMARTS) is 1. The molecular formula is C12H14O8. The summed E-state index contributed by atoms with van der Waals surface area (Å²) in [6.45, 7) is 7.25. The van der Waals surface area contributed by atoms with Crippen molar-refractivity contribution in [1.82, 2.24) is 0 Å². The summed E-state index contributed by atoms with van der Waals surface area (Å²) in [7, 11) is 0. The minimum absolute atomic E-state index is 0.484. The van der Waals surface area contributed by atoms with Crippen LogP contribution in [0.25, 0.3) is 0 Å². The fourth-order valence-corrected chi connectivity index (χ4v) is 0.978. The lowest BCUT2D eigenvalue weighted by Gasteiger charge is -2.26. The van der Waals surface area contributed by atoms with Gasteiger partial charge in [-0.2, -0.15) is 0 Å². The van der Waals surface area contributed by atoms with Crippen LogP contribution in [0.4, 0.5) is 0 Å². The van der Waals surface area contributed by atoms with Gasteiger partial charge in [-0.25, -0.2) is 9.59 Å². The van der Waals surface area contributed by atoms with Gasteiger partial charge in [0.1, 0.15) is 0 Å². The van der Waals surface area contributed by atoms with Gasteiger partial charge >= 0.3 is 29.9 Å². The smallest absolute Gasteiger partial charge is 0.420 e. The Labute approximate surface area is 114 Å². The Morgan fingerprint density at radius 2 is 1.45 bits per heavy atom. The largest absolute Gasteiger partial charge is 0.481 e. The first kappa shape index (κ1) is 17.4. The van der Waals surface area contributed by atoms with Crippen LogP contribution in [0, 0.1) is 0 Å². The molecule has 0 amide bonds. The number of aliphatic carboxylic acids is 1. The molecule has 0 saturated heterocycles. The van der Waals surface area contributed by atoms with E-state index in [4.69, 9.17) is 5.11 Å². The fourth-order valence-electron chi connectivity index (χ4n) is 0.978. The van der Waals surface area contributed by atoms with Gasteiger partial charge in [0.05, 0.1) is 19.8 Å². The summed E-state index contributed by atoms with van der Waals surface area (Å²) < 4.78 is 13.8. The van der Waals surface area contributed by atoms with E-state index >= 15 is 0 Å². The van der Waals surface area contributed by atoms with Crippen LogP contribution >= 0.6 is 0 Å². The number of carbonyl (C=O) groups is 4. The highest BCUT2D eigenvalue weighted by atomic mass is 16.9. The number of rotatable bonds is 8. The molecule has 0 heterocycles. The predicted molar refractivity (Wildman–Crippen MR) is 63.9 cm³/mol. The van der Waals surface area contributed by atoms with E-state index in [0.717, 1.165) is 19.1 Å². The molecular weight excluding hydrogens is 272 g/mol. The lowest BCUT2D eigenvalue weighted by molar-refractivity contribution is -0.316. The fraction of sp³-hybridized carbons (Fsp3) is 0.333. The number of carboxylic acids is 1.